The van der Waals surface area contributed by atoms with Gasteiger partial charge in [-0.1, -0.05) is 31.9 Å². The summed E-state index contributed by atoms with van der Waals surface area (Å²) in [6.07, 6.45) is 6.52. The Labute approximate surface area is 157 Å². The second kappa shape index (κ2) is 10.9. The SMILES string of the molecule is C=C(C)COc1cc(CNCCC(=O)NC2CCCCC2)ccc1OC. The van der Waals surface area contributed by atoms with Crippen LogP contribution in [0.4, 0.5) is 0 Å². The number of hydrogen-bond donors (Lipinski definition) is 2. The molecule has 1 aromatic rings. The molecule has 0 atom stereocenters. The first kappa shape index (κ1) is 20.3. The molecule has 0 unspecified atom stereocenters. The largest absolute Gasteiger partial charge is 0.493 e. The number of carbonyl (C=O) groups excluding carboxylic acids is 1. The Bertz CT molecular complexity index is 595. The van der Waals surface area contributed by atoms with E-state index in [1.54, 1.807) is 7.11 Å². The van der Waals surface area contributed by atoms with Crippen molar-refractivity contribution < 1.29 is 14.3 Å². The van der Waals surface area contributed by atoms with E-state index in [2.05, 4.69) is 17.2 Å². The molecule has 1 aromatic carbocycles. The standard InChI is InChI=1S/C21H32N2O3/c1-16(2)15-26-20-13-17(9-10-19(20)25-3)14-22-12-11-21(24)23-18-7-5-4-6-8-18/h9-10,13,18,22H,1,4-8,11-12,14-15H2,2-3H3,(H,23,24). The Morgan fingerprint density at radius 2 is 2.00 bits per heavy atom. The van der Waals surface area contributed by atoms with Crippen LogP contribution in [0.15, 0.2) is 30.4 Å². The van der Waals surface area contributed by atoms with Gasteiger partial charge in [0.25, 0.3) is 0 Å². The topological polar surface area (TPSA) is 59.6 Å². The fourth-order valence-electron chi connectivity index (χ4n) is 3.13. The van der Waals surface area contributed by atoms with E-state index in [-0.39, 0.29) is 5.91 Å². The first-order valence-electron chi connectivity index (χ1n) is 9.52. The van der Waals surface area contributed by atoms with E-state index in [0.717, 1.165) is 24.0 Å². The first-order chi connectivity index (χ1) is 12.6. The van der Waals surface area contributed by atoms with Crippen LogP contribution in [0.1, 0.15) is 51.0 Å². The van der Waals surface area contributed by atoms with Crippen LogP contribution in [0.25, 0.3) is 0 Å². The highest BCUT2D eigenvalue weighted by Crippen LogP contribution is 2.28. The summed E-state index contributed by atoms with van der Waals surface area (Å²) < 4.78 is 11.1. The van der Waals surface area contributed by atoms with Crippen LogP contribution >= 0.6 is 0 Å². The van der Waals surface area contributed by atoms with Crippen LogP contribution in [0.2, 0.25) is 0 Å². The molecule has 5 heteroatoms. The fourth-order valence-corrected chi connectivity index (χ4v) is 3.13. The van der Waals surface area contributed by atoms with E-state index in [1.165, 1.54) is 19.3 Å². The number of carbonyl (C=O) groups is 1. The maximum atomic E-state index is 12.0. The Hall–Kier alpha value is -2.01. The van der Waals surface area contributed by atoms with Gasteiger partial charge >= 0.3 is 0 Å². The normalized spacial score (nSPS) is 14.7. The molecule has 144 valence electrons. The number of nitrogens with one attached hydrogen (secondary N) is 2. The molecule has 26 heavy (non-hydrogen) atoms. The molecule has 0 bridgehead atoms. The molecule has 0 heterocycles. The number of hydrogen-bond acceptors (Lipinski definition) is 4. The van der Waals surface area contributed by atoms with Crippen LogP contribution in [0.3, 0.4) is 0 Å². The molecule has 1 aliphatic rings. The molecule has 0 aromatic heterocycles. The van der Waals surface area contributed by atoms with Gasteiger partial charge in [-0.2, -0.15) is 0 Å². The molecule has 1 amide bonds. The molecule has 1 aliphatic carbocycles. The molecular weight excluding hydrogens is 328 g/mol. The Morgan fingerprint density at radius 1 is 1.23 bits per heavy atom. The Balaban J connectivity index is 1.73. The van der Waals surface area contributed by atoms with Gasteiger partial charge < -0.3 is 20.1 Å². The van der Waals surface area contributed by atoms with Crippen LogP contribution in [-0.2, 0) is 11.3 Å². The summed E-state index contributed by atoms with van der Waals surface area (Å²) in [7, 11) is 1.63. The number of ether oxygens (including phenoxy) is 2. The summed E-state index contributed by atoms with van der Waals surface area (Å²) in [5.41, 5.74) is 2.05. The zero-order chi connectivity index (χ0) is 18.8. The third kappa shape index (κ3) is 7.08. The minimum absolute atomic E-state index is 0.143. The van der Waals surface area contributed by atoms with E-state index in [4.69, 9.17) is 9.47 Å². The molecule has 0 radical (unpaired) electrons. The van der Waals surface area contributed by atoms with Gasteiger partial charge in [0.1, 0.15) is 6.61 Å². The molecule has 1 fully saturated rings. The molecule has 2 N–H and O–H groups in total. The molecule has 0 aliphatic heterocycles. The smallest absolute Gasteiger partial charge is 0.221 e. The van der Waals surface area contributed by atoms with Crippen LogP contribution < -0.4 is 20.1 Å². The predicted octanol–water partition coefficient (Wildman–Crippen LogP) is 3.58. The van der Waals surface area contributed by atoms with Crippen molar-refractivity contribution in [3.8, 4) is 11.5 Å². The zero-order valence-corrected chi connectivity index (χ0v) is 16.1. The summed E-state index contributed by atoms with van der Waals surface area (Å²) in [5, 5.41) is 6.47. The zero-order valence-electron chi connectivity index (χ0n) is 16.1. The summed E-state index contributed by atoms with van der Waals surface area (Å²) in [5.74, 6) is 1.57. The monoisotopic (exact) mass is 360 g/mol. The summed E-state index contributed by atoms with van der Waals surface area (Å²) in [4.78, 5) is 12.0. The van der Waals surface area contributed by atoms with Crippen molar-refractivity contribution >= 4 is 5.91 Å². The Kier molecular flexibility index (Phi) is 8.48. The van der Waals surface area contributed by atoms with Gasteiger partial charge in [-0.05, 0) is 43.0 Å². The first-order valence-corrected chi connectivity index (χ1v) is 9.52. The molecule has 2 rings (SSSR count). The average molecular weight is 360 g/mol. The molecule has 5 nitrogen and oxygen atoms in total. The van der Waals surface area contributed by atoms with Gasteiger partial charge in [-0.15, -0.1) is 0 Å². The molecular formula is C21H32N2O3. The number of rotatable bonds is 10. The summed E-state index contributed by atoms with van der Waals surface area (Å²) in [6, 6.07) is 6.25. The second-order valence-corrected chi connectivity index (χ2v) is 7.06. The Morgan fingerprint density at radius 3 is 2.69 bits per heavy atom. The van der Waals surface area contributed by atoms with Gasteiger partial charge in [0.2, 0.25) is 5.91 Å². The van der Waals surface area contributed by atoms with Crippen molar-refractivity contribution in [2.75, 3.05) is 20.3 Å². The highest BCUT2D eigenvalue weighted by molar-refractivity contribution is 5.76. The van der Waals surface area contributed by atoms with E-state index in [1.807, 2.05) is 25.1 Å². The van der Waals surface area contributed by atoms with Crippen molar-refractivity contribution in [2.45, 2.75) is 58.0 Å². The molecule has 0 spiro atoms. The van der Waals surface area contributed by atoms with Crippen LogP contribution in [0, 0.1) is 0 Å². The van der Waals surface area contributed by atoms with Crippen molar-refractivity contribution in [3.05, 3.63) is 35.9 Å². The average Bonchev–Trinajstić information content (AvgIpc) is 2.64. The van der Waals surface area contributed by atoms with Gasteiger partial charge in [0, 0.05) is 25.6 Å². The van der Waals surface area contributed by atoms with E-state index >= 15 is 0 Å². The number of methoxy groups -OCH3 is 1. The van der Waals surface area contributed by atoms with Gasteiger partial charge in [-0.3, -0.25) is 4.79 Å². The second-order valence-electron chi connectivity index (χ2n) is 7.06. The van der Waals surface area contributed by atoms with E-state index < -0.39 is 0 Å². The minimum atomic E-state index is 0.143. The lowest BCUT2D eigenvalue weighted by molar-refractivity contribution is -0.121. The van der Waals surface area contributed by atoms with Crippen molar-refractivity contribution in [3.63, 3.8) is 0 Å². The summed E-state index contributed by atoms with van der Waals surface area (Å²) >= 11 is 0. The highest BCUT2D eigenvalue weighted by atomic mass is 16.5. The van der Waals surface area contributed by atoms with E-state index in [0.29, 0.717) is 43.7 Å². The maximum Gasteiger partial charge on any atom is 0.221 e. The third-order valence-electron chi connectivity index (χ3n) is 4.53. The lowest BCUT2D eigenvalue weighted by Crippen LogP contribution is -2.37. The lowest BCUT2D eigenvalue weighted by Gasteiger charge is -2.22. The number of benzene rings is 1. The maximum absolute atomic E-state index is 12.0. The highest BCUT2D eigenvalue weighted by Gasteiger charge is 2.15. The predicted molar refractivity (Wildman–Crippen MR) is 105 cm³/mol. The third-order valence-corrected chi connectivity index (χ3v) is 4.53. The van der Waals surface area contributed by atoms with Gasteiger partial charge in [0.05, 0.1) is 7.11 Å². The quantitative estimate of drug-likeness (QED) is 0.495. The lowest BCUT2D eigenvalue weighted by atomic mass is 9.95. The van der Waals surface area contributed by atoms with Crippen molar-refractivity contribution in [1.82, 2.24) is 10.6 Å². The summed E-state index contributed by atoms with van der Waals surface area (Å²) in [6.45, 7) is 7.59. The van der Waals surface area contributed by atoms with Gasteiger partial charge in [-0.25, -0.2) is 0 Å². The molecule has 0 saturated heterocycles. The van der Waals surface area contributed by atoms with Crippen molar-refractivity contribution in [1.29, 1.82) is 0 Å². The van der Waals surface area contributed by atoms with Gasteiger partial charge in [0.15, 0.2) is 11.5 Å². The van der Waals surface area contributed by atoms with Crippen molar-refractivity contribution in [2.24, 2.45) is 0 Å². The minimum Gasteiger partial charge on any atom is -0.493 e. The van der Waals surface area contributed by atoms with Crippen LogP contribution in [0.5, 0.6) is 11.5 Å². The molecule has 1 saturated carbocycles. The van der Waals surface area contributed by atoms with E-state index in [9.17, 15) is 4.79 Å². The fraction of sp³-hybridized carbons (Fsp3) is 0.571. The number of amides is 1. The van der Waals surface area contributed by atoms with Crippen LogP contribution in [-0.4, -0.2) is 32.2 Å².